The molecule has 0 spiro atoms. The molecule has 7 heteroatoms. The molecule has 7 nitrogen and oxygen atoms in total. The molecule has 152 valence electrons. The lowest BCUT2D eigenvalue weighted by molar-refractivity contribution is -0.130. The van der Waals surface area contributed by atoms with Crippen molar-refractivity contribution in [3.05, 3.63) is 60.1 Å². The Morgan fingerprint density at radius 2 is 1.96 bits per heavy atom. The smallest absolute Gasteiger partial charge is 0.224 e. The van der Waals surface area contributed by atoms with Gasteiger partial charge in [0.25, 0.3) is 0 Å². The van der Waals surface area contributed by atoms with Gasteiger partial charge in [0.15, 0.2) is 5.96 Å². The molecule has 28 heavy (non-hydrogen) atoms. The van der Waals surface area contributed by atoms with Gasteiger partial charge in [-0.2, -0.15) is 0 Å². The van der Waals surface area contributed by atoms with Gasteiger partial charge >= 0.3 is 0 Å². The number of amides is 1. The molecular formula is C21H30N4O3. The summed E-state index contributed by atoms with van der Waals surface area (Å²) in [5.41, 5.74) is -0.0984. The third-order valence-electron chi connectivity index (χ3n) is 4.26. The molecule has 1 aromatic carbocycles. The van der Waals surface area contributed by atoms with Crippen molar-refractivity contribution in [1.82, 2.24) is 15.5 Å². The summed E-state index contributed by atoms with van der Waals surface area (Å²) in [4.78, 5) is 18.5. The zero-order valence-electron chi connectivity index (χ0n) is 16.8. The molecule has 0 bridgehead atoms. The normalized spacial score (nSPS) is 13.6. The molecule has 1 unspecified atom stereocenters. The fourth-order valence-electron chi connectivity index (χ4n) is 2.66. The summed E-state index contributed by atoms with van der Waals surface area (Å²) in [7, 11) is 1.80. The molecule has 1 aromatic heterocycles. The Morgan fingerprint density at radius 1 is 1.21 bits per heavy atom. The highest BCUT2D eigenvalue weighted by atomic mass is 16.4. The number of aliphatic hydroxyl groups is 1. The van der Waals surface area contributed by atoms with Crippen LogP contribution in [0.3, 0.4) is 0 Å². The maximum Gasteiger partial charge on any atom is 0.224 e. The van der Waals surface area contributed by atoms with Crippen LogP contribution in [-0.4, -0.2) is 48.6 Å². The van der Waals surface area contributed by atoms with Gasteiger partial charge in [-0.25, -0.2) is 4.99 Å². The predicted molar refractivity (Wildman–Crippen MR) is 110 cm³/mol. The van der Waals surface area contributed by atoms with E-state index >= 15 is 0 Å². The summed E-state index contributed by atoms with van der Waals surface area (Å²) in [6, 6.07) is 13.3. The first-order chi connectivity index (χ1) is 13.4. The summed E-state index contributed by atoms with van der Waals surface area (Å²) in [6.07, 6.45) is 1.87. The number of benzene rings is 1. The number of carbonyl (C=O) groups excluding carboxylic acids is 1. The highest BCUT2D eigenvalue weighted by Crippen LogP contribution is 2.20. The van der Waals surface area contributed by atoms with E-state index in [1.54, 1.807) is 31.0 Å². The van der Waals surface area contributed by atoms with Gasteiger partial charge in [0.1, 0.15) is 11.4 Å². The fourth-order valence-corrected chi connectivity index (χ4v) is 2.66. The first kappa shape index (κ1) is 21.5. The predicted octanol–water partition coefficient (Wildman–Crippen LogP) is 2.09. The number of aliphatic imine (C=N–C) groups is 1. The van der Waals surface area contributed by atoms with Gasteiger partial charge in [0, 0.05) is 33.1 Å². The van der Waals surface area contributed by atoms with Crippen molar-refractivity contribution in [3.8, 4) is 0 Å². The van der Waals surface area contributed by atoms with E-state index in [-0.39, 0.29) is 12.5 Å². The van der Waals surface area contributed by atoms with Crippen LogP contribution in [0.15, 0.2) is 58.1 Å². The highest BCUT2D eigenvalue weighted by Gasteiger charge is 2.26. The summed E-state index contributed by atoms with van der Waals surface area (Å²) < 4.78 is 5.27. The summed E-state index contributed by atoms with van der Waals surface area (Å²) >= 11 is 0. The van der Waals surface area contributed by atoms with Crippen molar-refractivity contribution in [2.75, 3.05) is 26.7 Å². The molecule has 1 heterocycles. The van der Waals surface area contributed by atoms with Crippen LogP contribution in [0.5, 0.6) is 0 Å². The van der Waals surface area contributed by atoms with E-state index in [1.165, 1.54) is 6.26 Å². The number of nitrogens with one attached hydrogen (secondary N) is 2. The first-order valence-corrected chi connectivity index (χ1v) is 9.49. The van der Waals surface area contributed by atoms with E-state index in [0.29, 0.717) is 37.8 Å². The molecule has 0 aliphatic rings. The fraction of sp³-hybridized carbons (Fsp3) is 0.429. The van der Waals surface area contributed by atoms with Gasteiger partial charge in [-0.05, 0) is 31.5 Å². The highest BCUT2D eigenvalue weighted by molar-refractivity contribution is 5.81. The summed E-state index contributed by atoms with van der Waals surface area (Å²) in [5.74, 6) is 1.06. The number of hydrogen-bond donors (Lipinski definition) is 3. The van der Waals surface area contributed by atoms with Gasteiger partial charge < -0.3 is 25.1 Å². The lowest BCUT2D eigenvalue weighted by Gasteiger charge is -2.20. The SMILES string of the molecule is CCNC(=NCC(C)(O)c1ccco1)NCCC(=O)N(C)Cc1ccccc1. The van der Waals surface area contributed by atoms with Crippen molar-refractivity contribution in [3.63, 3.8) is 0 Å². The minimum Gasteiger partial charge on any atom is -0.466 e. The maximum absolute atomic E-state index is 12.3. The molecule has 0 radical (unpaired) electrons. The Balaban J connectivity index is 1.82. The number of nitrogens with zero attached hydrogens (tertiary/aromatic N) is 2. The Kier molecular flexibility index (Phi) is 8.07. The third-order valence-corrected chi connectivity index (χ3v) is 4.26. The van der Waals surface area contributed by atoms with E-state index < -0.39 is 5.60 Å². The van der Waals surface area contributed by atoms with E-state index in [0.717, 1.165) is 5.56 Å². The Bertz CT molecular complexity index is 742. The van der Waals surface area contributed by atoms with Crippen LogP contribution >= 0.6 is 0 Å². The Morgan fingerprint density at radius 3 is 2.61 bits per heavy atom. The van der Waals surface area contributed by atoms with E-state index in [4.69, 9.17) is 4.42 Å². The quantitative estimate of drug-likeness (QED) is 0.454. The molecule has 2 rings (SSSR count). The van der Waals surface area contributed by atoms with E-state index in [2.05, 4.69) is 15.6 Å². The monoisotopic (exact) mass is 386 g/mol. The minimum absolute atomic E-state index is 0.0507. The average molecular weight is 386 g/mol. The molecule has 0 saturated carbocycles. The van der Waals surface area contributed by atoms with Crippen LogP contribution in [0.2, 0.25) is 0 Å². The Hall–Kier alpha value is -2.80. The second-order valence-electron chi connectivity index (χ2n) is 6.86. The first-order valence-electron chi connectivity index (χ1n) is 9.49. The van der Waals surface area contributed by atoms with Crippen LogP contribution in [0.4, 0.5) is 0 Å². The van der Waals surface area contributed by atoms with Crippen molar-refractivity contribution in [2.24, 2.45) is 4.99 Å². The summed E-state index contributed by atoms with van der Waals surface area (Å²) in [6.45, 7) is 5.46. The van der Waals surface area contributed by atoms with Crippen LogP contribution in [0.1, 0.15) is 31.6 Å². The standard InChI is InChI=1S/C21H30N4O3/c1-4-22-20(24-16-21(2,27)18-11-8-14-28-18)23-13-12-19(26)25(3)15-17-9-6-5-7-10-17/h5-11,14,27H,4,12-13,15-16H2,1-3H3,(H2,22,23,24). The molecule has 2 aromatic rings. The molecular weight excluding hydrogens is 356 g/mol. The zero-order chi connectivity index (χ0) is 20.4. The van der Waals surface area contributed by atoms with Crippen molar-refractivity contribution in [2.45, 2.75) is 32.4 Å². The lowest BCUT2D eigenvalue weighted by Crippen LogP contribution is -2.40. The van der Waals surface area contributed by atoms with Crippen LogP contribution in [-0.2, 0) is 16.9 Å². The minimum atomic E-state index is -1.20. The molecule has 1 amide bonds. The number of hydrogen-bond acceptors (Lipinski definition) is 4. The second kappa shape index (κ2) is 10.5. The molecule has 0 fully saturated rings. The third kappa shape index (κ3) is 6.74. The number of carbonyl (C=O) groups is 1. The van der Waals surface area contributed by atoms with Gasteiger partial charge in [-0.1, -0.05) is 30.3 Å². The van der Waals surface area contributed by atoms with Crippen molar-refractivity contribution < 1.29 is 14.3 Å². The Labute approximate surface area is 166 Å². The van der Waals surface area contributed by atoms with Crippen molar-refractivity contribution >= 4 is 11.9 Å². The number of guanidine groups is 1. The number of furan rings is 1. The average Bonchev–Trinajstić information content (AvgIpc) is 3.22. The van der Waals surface area contributed by atoms with E-state index in [1.807, 2.05) is 37.3 Å². The van der Waals surface area contributed by atoms with Crippen LogP contribution in [0.25, 0.3) is 0 Å². The molecule has 1 atom stereocenters. The molecule has 0 aliphatic carbocycles. The van der Waals surface area contributed by atoms with Crippen molar-refractivity contribution in [1.29, 1.82) is 0 Å². The summed E-state index contributed by atoms with van der Waals surface area (Å²) in [5, 5.41) is 16.8. The largest absolute Gasteiger partial charge is 0.466 e. The van der Waals surface area contributed by atoms with Crippen LogP contribution in [0, 0.1) is 0 Å². The maximum atomic E-state index is 12.3. The van der Waals surface area contributed by atoms with E-state index in [9.17, 15) is 9.90 Å². The zero-order valence-corrected chi connectivity index (χ0v) is 16.8. The van der Waals surface area contributed by atoms with Gasteiger partial charge in [0.2, 0.25) is 5.91 Å². The number of rotatable bonds is 9. The van der Waals surface area contributed by atoms with Gasteiger partial charge in [-0.15, -0.1) is 0 Å². The second-order valence-corrected chi connectivity index (χ2v) is 6.86. The van der Waals surface area contributed by atoms with Gasteiger partial charge in [-0.3, -0.25) is 4.79 Å². The van der Waals surface area contributed by atoms with Crippen LogP contribution < -0.4 is 10.6 Å². The molecule has 0 saturated heterocycles. The lowest BCUT2D eigenvalue weighted by atomic mass is 10.0. The molecule has 0 aliphatic heterocycles. The molecule has 3 N–H and O–H groups in total. The topological polar surface area (TPSA) is 90.1 Å². The van der Waals surface area contributed by atoms with Gasteiger partial charge in [0.05, 0.1) is 12.8 Å².